The van der Waals surface area contributed by atoms with Gasteiger partial charge in [-0.2, -0.15) is 0 Å². The lowest BCUT2D eigenvalue weighted by atomic mass is 9.96. The standard InChI is InChI=1S/C14H15FO2/c15-14(9-16,10-17)8-11-5-6-12-3-1-2-4-13(12)7-11/h1-7,16-17H,8-10H2. The number of hydrogen-bond acceptors (Lipinski definition) is 2. The van der Waals surface area contributed by atoms with Crippen molar-refractivity contribution in [3.8, 4) is 0 Å². The molecule has 0 spiro atoms. The zero-order valence-electron chi connectivity index (χ0n) is 9.44. The van der Waals surface area contributed by atoms with Gasteiger partial charge in [-0.25, -0.2) is 4.39 Å². The molecule has 0 atom stereocenters. The molecule has 3 heteroatoms. The van der Waals surface area contributed by atoms with Gasteiger partial charge in [-0.15, -0.1) is 0 Å². The molecular formula is C14H15FO2. The average Bonchev–Trinajstić information content (AvgIpc) is 2.38. The third kappa shape index (κ3) is 2.62. The van der Waals surface area contributed by atoms with Crippen LogP contribution in [0, 0.1) is 0 Å². The minimum absolute atomic E-state index is 0.0187. The van der Waals surface area contributed by atoms with Crippen LogP contribution < -0.4 is 0 Å². The third-order valence-electron chi connectivity index (χ3n) is 2.90. The number of rotatable bonds is 4. The molecular weight excluding hydrogens is 219 g/mol. The number of aliphatic hydroxyl groups is 2. The van der Waals surface area contributed by atoms with Crippen molar-refractivity contribution in [2.45, 2.75) is 12.1 Å². The first-order valence-electron chi connectivity index (χ1n) is 5.55. The van der Waals surface area contributed by atoms with Gasteiger partial charge in [-0.1, -0.05) is 42.5 Å². The van der Waals surface area contributed by atoms with Crippen molar-refractivity contribution in [2.75, 3.05) is 13.2 Å². The molecule has 2 N–H and O–H groups in total. The summed E-state index contributed by atoms with van der Waals surface area (Å²) in [4.78, 5) is 0. The fourth-order valence-electron chi connectivity index (χ4n) is 1.88. The molecule has 2 nitrogen and oxygen atoms in total. The van der Waals surface area contributed by atoms with Gasteiger partial charge in [-0.3, -0.25) is 0 Å². The van der Waals surface area contributed by atoms with Gasteiger partial charge in [0.2, 0.25) is 0 Å². The molecule has 0 aromatic heterocycles. The molecule has 0 aliphatic rings. The van der Waals surface area contributed by atoms with Crippen molar-refractivity contribution in [1.82, 2.24) is 0 Å². The van der Waals surface area contributed by atoms with Crippen LogP contribution >= 0.6 is 0 Å². The average molecular weight is 234 g/mol. The summed E-state index contributed by atoms with van der Waals surface area (Å²) in [6, 6.07) is 13.4. The van der Waals surface area contributed by atoms with E-state index >= 15 is 0 Å². The molecule has 0 aliphatic carbocycles. The van der Waals surface area contributed by atoms with E-state index in [9.17, 15) is 4.39 Å². The predicted molar refractivity (Wildman–Crippen MR) is 65.7 cm³/mol. The summed E-state index contributed by atoms with van der Waals surface area (Å²) < 4.78 is 13.8. The molecule has 0 saturated carbocycles. The largest absolute Gasteiger partial charge is 0.393 e. The summed E-state index contributed by atoms with van der Waals surface area (Å²) in [5.41, 5.74) is -1.17. The molecule has 0 unspecified atom stereocenters. The van der Waals surface area contributed by atoms with Gasteiger partial charge in [0.25, 0.3) is 0 Å². The van der Waals surface area contributed by atoms with E-state index in [1.165, 1.54) is 0 Å². The highest BCUT2D eigenvalue weighted by atomic mass is 19.1. The summed E-state index contributed by atoms with van der Waals surface area (Å²) in [6.07, 6.45) is 0.0187. The van der Waals surface area contributed by atoms with Gasteiger partial charge in [0.05, 0.1) is 13.2 Å². The molecule has 90 valence electrons. The Labute approximate surface area is 99.3 Å². The van der Waals surface area contributed by atoms with Crippen molar-refractivity contribution in [1.29, 1.82) is 0 Å². The van der Waals surface area contributed by atoms with Crippen LogP contribution in [0.5, 0.6) is 0 Å². The van der Waals surface area contributed by atoms with E-state index in [-0.39, 0.29) is 6.42 Å². The summed E-state index contributed by atoms with van der Waals surface area (Å²) in [5.74, 6) is 0. The highest BCUT2D eigenvalue weighted by molar-refractivity contribution is 5.83. The number of hydrogen-bond donors (Lipinski definition) is 2. The molecule has 0 bridgehead atoms. The lowest BCUT2D eigenvalue weighted by Crippen LogP contribution is -2.34. The molecule has 2 rings (SSSR count). The van der Waals surface area contributed by atoms with E-state index in [1.807, 2.05) is 42.5 Å². The van der Waals surface area contributed by atoms with Gasteiger partial charge < -0.3 is 10.2 Å². The molecule has 17 heavy (non-hydrogen) atoms. The molecule has 0 saturated heterocycles. The highest BCUT2D eigenvalue weighted by Gasteiger charge is 2.28. The molecule has 2 aromatic carbocycles. The first kappa shape index (κ1) is 12.0. The minimum Gasteiger partial charge on any atom is -0.393 e. The Balaban J connectivity index is 2.31. The maximum Gasteiger partial charge on any atom is 0.160 e. The SMILES string of the molecule is OCC(F)(CO)Cc1ccc2ccccc2c1. The van der Waals surface area contributed by atoms with E-state index in [1.54, 1.807) is 0 Å². The molecule has 0 aliphatic heterocycles. The summed E-state index contributed by atoms with van der Waals surface area (Å²) in [7, 11) is 0. The van der Waals surface area contributed by atoms with Crippen LogP contribution in [0.3, 0.4) is 0 Å². The van der Waals surface area contributed by atoms with E-state index in [2.05, 4.69) is 0 Å². The molecule has 2 aromatic rings. The number of fused-ring (bicyclic) bond motifs is 1. The maximum absolute atomic E-state index is 13.8. The topological polar surface area (TPSA) is 40.5 Å². The van der Waals surface area contributed by atoms with Crippen molar-refractivity contribution in [3.63, 3.8) is 0 Å². The first-order chi connectivity index (χ1) is 8.17. The van der Waals surface area contributed by atoms with Gasteiger partial charge in [0, 0.05) is 6.42 Å². The monoisotopic (exact) mass is 234 g/mol. The smallest absolute Gasteiger partial charge is 0.160 e. The van der Waals surface area contributed by atoms with Crippen molar-refractivity contribution < 1.29 is 14.6 Å². The Kier molecular flexibility index (Phi) is 3.41. The molecule has 0 fully saturated rings. The maximum atomic E-state index is 13.8. The second-order valence-corrected chi connectivity index (χ2v) is 4.33. The number of alkyl halides is 1. The minimum atomic E-state index is -1.94. The Morgan fingerprint density at radius 3 is 2.24 bits per heavy atom. The number of halogens is 1. The van der Waals surface area contributed by atoms with E-state index in [4.69, 9.17) is 10.2 Å². The Morgan fingerprint density at radius 1 is 0.941 bits per heavy atom. The quantitative estimate of drug-likeness (QED) is 0.850. The second-order valence-electron chi connectivity index (χ2n) is 4.33. The molecule has 0 amide bonds. The predicted octanol–water partition coefficient (Wildman–Crippen LogP) is 2.08. The number of benzene rings is 2. The van der Waals surface area contributed by atoms with Crippen LogP contribution in [0.25, 0.3) is 10.8 Å². The van der Waals surface area contributed by atoms with Crippen LogP contribution in [0.4, 0.5) is 4.39 Å². The zero-order chi connectivity index (χ0) is 12.3. The summed E-state index contributed by atoms with van der Waals surface area (Å²) in [5, 5.41) is 20.0. The van der Waals surface area contributed by atoms with Crippen molar-refractivity contribution >= 4 is 10.8 Å². The summed E-state index contributed by atoms with van der Waals surface area (Å²) in [6.45, 7) is -1.34. The van der Waals surface area contributed by atoms with Gasteiger partial charge in [-0.05, 0) is 16.3 Å². The lowest BCUT2D eigenvalue weighted by Gasteiger charge is -2.20. The van der Waals surface area contributed by atoms with Crippen molar-refractivity contribution in [3.05, 3.63) is 48.0 Å². The summed E-state index contributed by atoms with van der Waals surface area (Å²) >= 11 is 0. The van der Waals surface area contributed by atoms with E-state index < -0.39 is 18.9 Å². The van der Waals surface area contributed by atoms with Crippen LogP contribution in [0.2, 0.25) is 0 Å². The fraction of sp³-hybridized carbons (Fsp3) is 0.286. The fourth-order valence-corrected chi connectivity index (χ4v) is 1.88. The van der Waals surface area contributed by atoms with Crippen LogP contribution in [-0.4, -0.2) is 29.1 Å². The molecule has 0 radical (unpaired) electrons. The Hall–Kier alpha value is -1.45. The van der Waals surface area contributed by atoms with Crippen LogP contribution in [-0.2, 0) is 6.42 Å². The normalized spacial score (nSPS) is 11.9. The van der Waals surface area contributed by atoms with Gasteiger partial charge >= 0.3 is 0 Å². The Bertz CT molecular complexity index is 506. The zero-order valence-corrected chi connectivity index (χ0v) is 9.44. The molecule has 0 heterocycles. The lowest BCUT2D eigenvalue weighted by molar-refractivity contribution is 0.0166. The van der Waals surface area contributed by atoms with Gasteiger partial charge in [0.1, 0.15) is 0 Å². The van der Waals surface area contributed by atoms with E-state index in [0.29, 0.717) is 0 Å². The van der Waals surface area contributed by atoms with E-state index in [0.717, 1.165) is 16.3 Å². The third-order valence-corrected chi connectivity index (χ3v) is 2.90. The second kappa shape index (κ2) is 4.82. The first-order valence-corrected chi connectivity index (χ1v) is 5.55. The van der Waals surface area contributed by atoms with Crippen LogP contribution in [0.15, 0.2) is 42.5 Å². The number of aliphatic hydroxyl groups excluding tert-OH is 2. The van der Waals surface area contributed by atoms with Gasteiger partial charge in [0.15, 0.2) is 5.67 Å². The van der Waals surface area contributed by atoms with Crippen LogP contribution in [0.1, 0.15) is 5.56 Å². The highest BCUT2D eigenvalue weighted by Crippen LogP contribution is 2.21. The van der Waals surface area contributed by atoms with Crippen molar-refractivity contribution in [2.24, 2.45) is 0 Å². The Morgan fingerprint density at radius 2 is 1.59 bits per heavy atom.